The van der Waals surface area contributed by atoms with E-state index in [1.807, 2.05) is 48.5 Å². The van der Waals surface area contributed by atoms with Gasteiger partial charge in [-0.1, -0.05) is 37.3 Å². The lowest BCUT2D eigenvalue weighted by atomic mass is 9.83. The van der Waals surface area contributed by atoms with E-state index < -0.39 is 5.60 Å². The molecule has 0 bridgehead atoms. The topological polar surface area (TPSA) is 78.9 Å². The number of aliphatic hydroxyl groups excluding tert-OH is 1. The van der Waals surface area contributed by atoms with Crippen LogP contribution in [0.15, 0.2) is 48.5 Å². The molecule has 29 heavy (non-hydrogen) atoms. The van der Waals surface area contributed by atoms with Crippen molar-refractivity contribution in [3.05, 3.63) is 59.7 Å². The molecule has 0 aliphatic carbocycles. The van der Waals surface area contributed by atoms with Crippen LogP contribution in [-0.2, 0) is 26.5 Å². The molecule has 2 aliphatic rings. The molecule has 0 saturated carbocycles. The van der Waals surface area contributed by atoms with Gasteiger partial charge in [0.1, 0.15) is 0 Å². The van der Waals surface area contributed by atoms with Crippen LogP contribution in [0.4, 0.5) is 11.4 Å². The Kier molecular flexibility index (Phi) is 5.15. The van der Waals surface area contributed by atoms with Gasteiger partial charge < -0.3 is 20.1 Å². The first-order valence-electron chi connectivity index (χ1n) is 10.0. The van der Waals surface area contributed by atoms with Crippen LogP contribution in [-0.4, -0.2) is 29.6 Å². The smallest absolute Gasteiger partial charge is 0.264 e. The van der Waals surface area contributed by atoms with Gasteiger partial charge >= 0.3 is 0 Å². The molecule has 1 saturated heterocycles. The first-order valence-corrected chi connectivity index (χ1v) is 10.0. The Labute approximate surface area is 170 Å². The van der Waals surface area contributed by atoms with Crippen molar-refractivity contribution in [1.82, 2.24) is 0 Å². The number of hydrogen-bond donors (Lipinski definition) is 2. The third-order valence-electron chi connectivity index (χ3n) is 5.89. The Morgan fingerprint density at radius 3 is 2.66 bits per heavy atom. The molecule has 0 unspecified atom stereocenters. The van der Waals surface area contributed by atoms with Crippen LogP contribution in [0.3, 0.4) is 0 Å². The van der Waals surface area contributed by atoms with E-state index in [0.29, 0.717) is 13.0 Å². The number of hydrogen-bond acceptors (Lipinski definition) is 4. The molecular formula is C23H26N2O4. The zero-order valence-electron chi connectivity index (χ0n) is 16.7. The summed E-state index contributed by atoms with van der Waals surface area (Å²) in [5.41, 5.74) is 2.50. The average Bonchev–Trinajstić information content (AvgIpc) is 3.14. The van der Waals surface area contributed by atoms with Gasteiger partial charge in [-0.2, -0.15) is 0 Å². The molecule has 152 valence electrons. The summed E-state index contributed by atoms with van der Waals surface area (Å²) >= 11 is 0. The zero-order chi connectivity index (χ0) is 20.6. The first kappa shape index (κ1) is 19.6. The predicted octanol–water partition coefficient (Wildman–Crippen LogP) is 3.19. The van der Waals surface area contributed by atoms with Crippen molar-refractivity contribution in [2.45, 2.75) is 44.9 Å². The molecule has 6 nitrogen and oxygen atoms in total. The molecule has 2 N–H and O–H groups in total. The van der Waals surface area contributed by atoms with E-state index in [4.69, 9.17) is 4.74 Å². The number of amides is 2. The highest BCUT2D eigenvalue weighted by molar-refractivity contribution is 6.07. The predicted molar refractivity (Wildman–Crippen MR) is 110 cm³/mol. The number of carbonyl (C=O) groups excluding carboxylic acids is 2. The summed E-state index contributed by atoms with van der Waals surface area (Å²) in [5.74, 6) is -0.134. The van der Waals surface area contributed by atoms with E-state index in [2.05, 4.69) is 12.2 Å². The number of ether oxygens (including phenoxy) is 1. The lowest BCUT2D eigenvalue weighted by Crippen LogP contribution is -2.43. The monoisotopic (exact) mass is 394 g/mol. The fraction of sp³-hybridized carbons (Fsp3) is 0.391. The van der Waals surface area contributed by atoms with E-state index in [1.54, 1.807) is 4.90 Å². The number of carbonyl (C=O) groups is 2. The van der Waals surface area contributed by atoms with Gasteiger partial charge in [0.2, 0.25) is 5.91 Å². The fourth-order valence-corrected chi connectivity index (χ4v) is 4.58. The maximum atomic E-state index is 13.6. The van der Waals surface area contributed by atoms with Gasteiger partial charge in [-0.05, 0) is 36.6 Å². The van der Waals surface area contributed by atoms with Gasteiger partial charge in [0, 0.05) is 30.7 Å². The highest BCUT2D eigenvalue weighted by Crippen LogP contribution is 2.53. The van der Waals surface area contributed by atoms with Gasteiger partial charge in [-0.15, -0.1) is 0 Å². The van der Waals surface area contributed by atoms with E-state index in [-0.39, 0.29) is 30.4 Å². The molecule has 3 atom stereocenters. The van der Waals surface area contributed by atoms with Crippen molar-refractivity contribution < 1.29 is 19.4 Å². The zero-order valence-corrected chi connectivity index (χ0v) is 16.7. The molecule has 2 aliphatic heterocycles. The standard InChI is InChI=1S/C23H26N2O4/c1-15-13-19(11-12-26)29-23(15)20-5-3-4-6-21(20)25(22(23)28)14-17-7-9-18(10-8-17)24-16(2)27/h3-10,15,19,26H,11-14H2,1-2H3,(H,24,27)/t15-,19+,23+/m0/s1. The van der Waals surface area contributed by atoms with Gasteiger partial charge in [0.15, 0.2) is 5.60 Å². The fourth-order valence-electron chi connectivity index (χ4n) is 4.58. The third kappa shape index (κ3) is 3.32. The first-order chi connectivity index (χ1) is 14.0. The van der Waals surface area contributed by atoms with Crippen molar-refractivity contribution in [3.63, 3.8) is 0 Å². The Morgan fingerprint density at radius 1 is 1.24 bits per heavy atom. The molecule has 1 spiro atoms. The minimum atomic E-state index is -0.980. The van der Waals surface area contributed by atoms with Crippen LogP contribution in [0.2, 0.25) is 0 Å². The summed E-state index contributed by atoms with van der Waals surface area (Å²) in [5, 5.41) is 12.1. The molecule has 2 aromatic carbocycles. The SMILES string of the molecule is CC(=O)Nc1ccc(CN2C(=O)[C@]3(O[C@H](CCO)C[C@@H]3C)c3ccccc32)cc1. The van der Waals surface area contributed by atoms with Crippen molar-refractivity contribution in [1.29, 1.82) is 0 Å². The van der Waals surface area contributed by atoms with Crippen LogP contribution in [0.1, 0.15) is 37.8 Å². The number of rotatable bonds is 5. The van der Waals surface area contributed by atoms with Gasteiger partial charge in [0.25, 0.3) is 5.91 Å². The Morgan fingerprint density at radius 2 is 1.97 bits per heavy atom. The number of anilines is 2. The second kappa shape index (κ2) is 7.61. The highest BCUT2D eigenvalue weighted by Gasteiger charge is 2.59. The molecule has 0 radical (unpaired) electrons. The second-order valence-electron chi connectivity index (χ2n) is 7.91. The molecule has 1 fully saturated rings. The molecule has 0 aromatic heterocycles. The van der Waals surface area contributed by atoms with Crippen molar-refractivity contribution in [2.75, 3.05) is 16.8 Å². The van der Waals surface area contributed by atoms with Crippen molar-refractivity contribution in [3.8, 4) is 0 Å². The molecule has 6 heteroatoms. The third-order valence-corrected chi connectivity index (χ3v) is 5.89. The van der Waals surface area contributed by atoms with Crippen molar-refractivity contribution >= 4 is 23.2 Å². The van der Waals surface area contributed by atoms with E-state index in [1.165, 1.54) is 6.92 Å². The number of nitrogens with zero attached hydrogens (tertiary/aromatic N) is 1. The van der Waals surface area contributed by atoms with Gasteiger partial charge in [-0.25, -0.2) is 0 Å². The van der Waals surface area contributed by atoms with Gasteiger partial charge in [0.05, 0.1) is 18.3 Å². The van der Waals surface area contributed by atoms with Gasteiger partial charge in [-0.3, -0.25) is 9.59 Å². The molecular weight excluding hydrogens is 368 g/mol. The lowest BCUT2D eigenvalue weighted by Gasteiger charge is -2.28. The highest BCUT2D eigenvalue weighted by atomic mass is 16.5. The van der Waals surface area contributed by atoms with Crippen molar-refractivity contribution in [2.24, 2.45) is 5.92 Å². The Hall–Kier alpha value is -2.70. The van der Waals surface area contributed by atoms with E-state index in [0.717, 1.165) is 28.9 Å². The summed E-state index contributed by atoms with van der Waals surface area (Å²) in [6, 6.07) is 15.3. The van der Waals surface area contributed by atoms with Crippen LogP contribution in [0.25, 0.3) is 0 Å². The van der Waals surface area contributed by atoms with Crippen LogP contribution in [0, 0.1) is 5.92 Å². The number of para-hydroxylation sites is 1. The molecule has 2 aromatic rings. The maximum Gasteiger partial charge on any atom is 0.264 e. The normalized spacial score (nSPS) is 25.5. The maximum absolute atomic E-state index is 13.6. The Bertz CT molecular complexity index is 927. The quantitative estimate of drug-likeness (QED) is 0.816. The number of benzene rings is 2. The molecule has 4 rings (SSSR count). The summed E-state index contributed by atoms with van der Waals surface area (Å²) in [7, 11) is 0. The van der Waals surface area contributed by atoms with Crippen LogP contribution >= 0.6 is 0 Å². The van der Waals surface area contributed by atoms with Crippen LogP contribution in [0.5, 0.6) is 0 Å². The largest absolute Gasteiger partial charge is 0.396 e. The number of nitrogens with one attached hydrogen (secondary N) is 1. The summed E-state index contributed by atoms with van der Waals surface area (Å²) in [4.78, 5) is 26.6. The summed E-state index contributed by atoms with van der Waals surface area (Å²) < 4.78 is 6.33. The second-order valence-corrected chi connectivity index (χ2v) is 7.91. The minimum absolute atomic E-state index is 0.0276. The molecule has 2 heterocycles. The van der Waals surface area contributed by atoms with Crippen LogP contribution < -0.4 is 10.2 Å². The Balaban J connectivity index is 1.64. The number of aliphatic hydroxyl groups is 1. The van der Waals surface area contributed by atoms with E-state index >= 15 is 0 Å². The summed E-state index contributed by atoms with van der Waals surface area (Å²) in [6.07, 6.45) is 1.16. The minimum Gasteiger partial charge on any atom is -0.396 e. The lowest BCUT2D eigenvalue weighted by molar-refractivity contribution is -0.146. The average molecular weight is 394 g/mol. The number of fused-ring (bicyclic) bond motifs is 2. The summed E-state index contributed by atoms with van der Waals surface area (Å²) in [6.45, 7) is 4.00. The molecule has 2 amide bonds. The van der Waals surface area contributed by atoms with E-state index in [9.17, 15) is 14.7 Å².